The van der Waals surface area contributed by atoms with Crippen molar-refractivity contribution in [1.29, 1.82) is 0 Å². The summed E-state index contributed by atoms with van der Waals surface area (Å²) in [5.41, 5.74) is 2.88. The first-order chi connectivity index (χ1) is 13.5. The molecule has 0 aromatic heterocycles. The number of hydrogen-bond acceptors (Lipinski definition) is 5. The van der Waals surface area contributed by atoms with Crippen molar-refractivity contribution in [3.8, 4) is 11.5 Å². The Bertz CT molecular complexity index is 808. The van der Waals surface area contributed by atoms with Crippen molar-refractivity contribution in [3.63, 3.8) is 0 Å². The predicted molar refractivity (Wildman–Crippen MR) is 116 cm³/mol. The van der Waals surface area contributed by atoms with E-state index in [1.54, 1.807) is 13.2 Å². The van der Waals surface area contributed by atoms with Crippen molar-refractivity contribution >= 4 is 34.6 Å². The van der Waals surface area contributed by atoms with Crippen molar-refractivity contribution < 1.29 is 14.2 Å². The first kappa shape index (κ1) is 20.9. The third kappa shape index (κ3) is 5.16. The molecule has 1 aliphatic heterocycles. The highest BCUT2D eigenvalue weighted by Gasteiger charge is 2.16. The minimum atomic E-state index is 0.0241. The van der Waals surface area contributed by atoms with Gasteiger partial charge in [-0.25, -0.2) is 0 Å². The number of hydrogen-bond donors (Lipinski definition) is 1. The molecule has 1 heterocycles. The van der Waals surface area contributed by atoms with Crippen LogP contribution in [0.1, 0.15) is 19.4 Å². The number of halogens is 2. The topological polar surface area (TPSA) is 43.0 Å². The number of morpholine rings is 1. The van der Waals surface area contributed by atoms with Crippen LogP contribution in [0, 0.1) is 0 Å². The Labute approximate surface area is 176 Å². The summed E-state index contributed by atoms with van der Waals surface area (Å²) >= 11 is 12.8. The lowest BCUT2D eigenvalue weighted by molar-refractivity contribution is 0.122. The highest BCUT2D eigenvalue weighted by Crippen LogP contribution is 2.36. The van der Waals surface area contributed by atoms with E-state index in [0.717, 1.165) is 43.2 Å². The average Bonchev–Trinajstić information content (AvgIpc) is 2.68. The number of ether oxygens (including phenoxy) is 3. The molecule has 28 heavy (non-hydrogen) atoms. The molecule has 1 fully saturated rings. The molecular formula is C21H26Cl2N2O3. The van der Waals surface area contributed by atoms with Crippen LogP contribution in [0.2, 0.25) is 10.0 Å². The fraction of sp³-hybridized carbons (Fsp3) is 0.429. The molecule has 0 amide bonds. The van der Waals surface area contributed by atoms with E-state index in [9.17, 15) is 0 Å². The number of nitrogens with zero attached hydrogens (tertiary/aromatic N) is 1. The fourth-order valence-corrected chi connectivity index (χ4v) is 3.68. The molecular weight excluding hydrogens is 399 g/mol. The Morgan fingerprint density at radius 2 is 1.89 bits per heavy atom. The van der Waals surface area contributed by atoms with Gasteiger partial charge in [0.1, 0.15) is 0 Å². The summed E-state index contributed by atoms with van der Waals surface area (Å²) in [5.74, 6) is 1.32. The van der Waals surface area contributed by atoms with Gasteiger partial charge in [-0.05, 0) is 38.1 Å². The van der Waals surface area contributed by atoms with Crippen LogP contribution >= 0.6 is 23.2 Å². The molecule has 0 spiro atoms. The second-order valence-electron chi connectivity index (χ2n) is 6.88. The summed E-state index contributed by atoms with van der Waals surface area (Å²) in [7, 11) is 1.61. The van der Waals surface area contributed by atoms with E-state index in [1.165, 1.54) is 0 Å². The standard InChI is InChI=1S/C21H26Cl2N2O3/c1-14(2)28-21-15(10-16(22)11-20(21)26-3)13-24-17-4-5-19(18(23)12-17)25-6-8-27-9-7-25/h4-5,10-12,14,24H,6-9,13H2,1-3H3. The Hall–Kier alpha value is -1.82. The van der Waals surface area contributed by atoms with Crippen molar-refractivity contribution in [1.82, 2.24) is 0 Å². The quantitative estimate of drug-likeness (QED) is 0.658. The number of anilines is 2. The second kappa shape index (κ2) is 9.59. The molecule has 1 aliphatic rings. The molecule has 3 rings (SSSR count). The minimum absolute atomic E-state index is 0.0241. The van der Waals surface area contributed by atoms with Gasteiger partial charge < -0.3 is 24.4 Å². The number of nitrogens with one attached hydrogen (secondary N) is 1. The van der Waals surface area contributed by atoms with Gasteiger partial charge >= 0.3 is 0 Å². The number of rotatable bonds is 7. The third-order valence-electron chi connectivity index (χ3n) is 4.45. The van der Waals surface area contributed by atoms with Crippen molar-refractivity contribution in [2.45, 2.75) is 26.5 Å². The van der Waals surface area contributed by atoms with Crippen LogP contribution in [0.4, 0.5) is 11.4 Å². The highest BCUT2D eigenvalue weighted by atomic mass is 35.5. The van der Waals surface area contributed by atoms with Crippen LogP contribution in [-0.4, -0.2) is 39.5 Å². The normalized spacial score (nSPS) is 14.3. The van der Waals surface area contributed by atoms with Gasteiger partial charge in [0.05, 0.1) is 37.1 Å². The molecule has 7 heteroatoms. The van der Waals surface area contributed by atoms with E-state index >= 15 is 0 Å². The Kier molecular flexibility index (Phi) is 7.16. The summed E-state index contributed by atoms with van der Waals surface area (Å²) in [6.45, 7) is 7.66. The SMILES string of the molecule is COc1cc(Cl)cc(CNc2ccc(N3CCOCC3)c(Cl)c2)c1OC(C)C. The molecule has 0 atom stereocenters. The van der Waals surface area contributed by atoms with E-state index in [0.29, 0.717) is 28.1 Å². The highest BCUT2D eigenvalue weighted by molar-refractivity contribution is 6.33. The van der Waals surface area contributed by atoms with Gasteiger partial charge in [0, 0.05) is 42.0 Å². The van der Waals surface area contributed by atoms with Crippen molar-refractivity contribution in [2.75, 3.05) is 43.6 Å². The van der Waals surface area contributed by atoms with Gasteiger partial charge in [-0.3, -0.25) is 0 Å². The number of benzene rings is 2. The smallest absolute Gasteiger partial charge is 0.166 e. The zero-order valence-corrected chi connectivity index (χ0v) is 17.9. The van der Waals surface area contributed by atoms with Gasteiger partial charge in [-0.15, -0.1) is 0 Å². The first-order valence-electron chi connectivity index (χ1n) is 9.37. The first-order valence-corrected chi connectivity index (χ1v) is 10.1. The summed E-state index contributed by atoms with van der Waals surface area (Å²) in [5, 5.41) is 4.72. The lowest BCUT2D eigenvalue weighted by Crippen LogP contribution is -2.36. The van der Waals surface area contributed by atoms with Crippen molar-refractivity contribution in [2.24, 2.45) is 0 Å². The lowest BCUT2D eigenvalue weighted by atomic mass is 10.1. The fourth-order valence-electron chi connectivity index (χ4n) is 3.15. The van der Waals surface area contributed by atoms with Gasteiger partial charge in [0.2, 0.25) is 0 Å². The van der Waals surface area contributed by atoms with Gasteiger partial charge in [0.15, 0.2) is 11.5 Å². The molecule has 2 aromatic carbocycles. The maximum absolute atomic E-state index is 6.53. The molecule has 0 radical (unpaired) electrons. The third-order valence-corrected chi connectivity index (χ3v) is 4.97. The molecule has 5 nitrogen and oxygen atoms in total. The summed E-state index contributed by atoms with van der Waals surface area (Å²) < 4.78 is 16.8. The minimum Gasteiger partial charge on any atom is -0.493 e. The Morgan fingerprint density at radius 3 is 2.54 bits per heavy atom. The van der Waals surface area contributed by atoms with Crippen molar-refractivity contribution in [3.05, 3.63) is 45.9 Å². The zero-order valence-electron chi connectivity index (χ0n) is 16.4. The van der Waals surface area contributed by atoms with Crippen LogP contribution in [0.25, 0.3) is 0 Å². The Morgan fingerprint density at radius 1 is 1.14 bits per heavy atom. The Balaban J connectivity index is 1.76. The van der Waals surface area contributed by atoms with Crippen LogP contribution in [0.3, 0.4) is 0 Å². The summed E-state index contributed by atoms with van der Waals surface area (Å²) in [4.78, 5) is 2.24. The molecule has 2 aromatic rings. The van der Waals surface area contributed by atoms with Crippen LogP contribution in [0.5, 0.6) is 11.5 Å². The molecule has 152 valence electrons. The molecule has 1 saturated heterocycles. The second-order valence-corrected chi connectivity index (χ2v) is 7.73. The van der Waals surface area contributed by atoms with E-state index in [2.05, 4.69) is 10.2 Å². The van der Waals surface area contributed by atoms with Crippen LogP contribution < -0.4 is 19.7 Å². The molecule has 0 bridgehead atoms. The molecule has 0 aliphatic carbocycles. The average molecular weight is 425 g/mol. The zero-order chi connectivity index (χ0) is 20.1. The van der Waals surface area contributed by atoms with E-state index in [-0.39, 0.29) is 6.10 Å². The van der Waals surface area contributed by atoms with Gasteiger partial charge in [0.25, 0.3) is 0 Å². The largest absolute Gasteiger partial charge is 0.493 e. The van der Waals surface area contributed by atoms with Crippen LogP contribution in [0.15, 0.2) is 30.3 Å². The van der Waals surface area contributed by atoms with E-state index in [1.807, 2.05) is 38.1 Å². The molecule has 1 N–H and O–H groups in total. The monoisotopic (exact) mass is 424 g/mol. The van der Waals surface area contributed by atoms with Crippen LogP contribution in [-0.2, 0) is 11.3 Å². The van der Waals surface area contributed by atoms with E-state index in [4.69, 9.17) is 37.4 Å². The lowest BCUT2D eigenvalue weighted by Gasteiger charge is -2.29. The van der Waals surface area contributed by atoms with Gasteiger partial charge in [-0.1, -0.05) is 23.2 Å². The summed E-state index contributed by atoms with van der Waals surface area (Å²) in [6, 6.07) is 9.66. The maximum atomic E-state index is 6.53. The van der Waals surface area contributed by atoms with Gasteiger partial charge in [-0.2, -0.15) is 0 Å². The number of methoxy groups -OCH3 is 1. The summed E-state index contributed by atoms with van der Waals surface area (Å²) in [6.07, 6.45) is 0.0241. The molecule has 0 unspecified atom stereocenters. The van der Waals surface area contributed by atoms with E-state index < -0.39 is 0 Å². The maximum Gasteiger partial charge on any atom is 0.166 e. The predicted octanol–water partition coefficient (Wildman–Crippen LogP) is 5.24. The molecule has 0 saturated carbocycles.